The second-order valence-corrected chi connectivity index (χ2v) is 5.13. The van der Waals surface area contributed by atoms with Crippen molar-refractivity contribution >= 4 is 0 Å². The van der Waals surface area contributed by atoms with Gasteiger partial charge in [0.05, 0.1) is 6.61 Å². The Balaban J connectivity index is 1.67. The first-order valence-electron chi connectivity index (χ1n) is 7.33. The van der Waals surface area contributed by atoms with E-state index in [4.69, 9.17) is 9.47 Å². The zero-order valence-electron chi connectivity index (χ0n) is 11.9. The van der Waals surface area contributed by atoms with E-state index in [2.05, 4.69) is 23.5 Å². The Hall–Kier alpha value is -1.06. The summed E-state index contributed by atoms with van der Waals surface area (Å²) in [6.07, 6.45) is 4.76. The molecule has 1 aromatic rings. The third kappa shape index (κ3) is 4.51. The molecule has 0 aromatic heterocycles. The highest BCUT2D eigenvalue weighted by atomic mass is 16.5. The Morgan fingerprint density at radius 3 is 3.05 bits per heavy atom. The van der Waals surface area contributed by atoms with E-state index in [1.54, 1.807) is 7.11 Å². The molecule has 1 aromatic carbocycles. The molecule has 106 valence electrons. The van der Waals surface area contributed by atoms with Crippen LogP contribution in [-0.2, 0) is 4.74 Å². The van der Waals surface area contributed by atoms with Gasteiger partial charge in [-0.05, 0) is 43.9 Å². The van der Waals surface area contributed by atoms with Crippen LogP contribution in [0.5, 0.6) is 5.75 Å². The van der Waals surface area contributed by atoms with Crippen LogP contribution in [0.1, 0.15) is 37.2 Å². The molecule has 1 aliphatic heterocycles. The van der Waals surface area contributed by atoms with E-state index in [1.807, 2.05) is 6.07 Å². The molecule has 19 heavy (non-hydrogen) atoms. The minimum absolute atomic E-state index is 0.601. The molecular formula is C16H25NO2. The SMILES string of the molecule is COCCCCCNCC1CCOc2ccccc21. The third-order valence-electron chi connectivity index (χ3n) is 3.68. The first kappa shape index (κ1) is 14.4. The molecule has 0 saturated heterocycles. The van der Waals surface area contributed by atoms with Crippen molar-refractivity contribution in [2.75, 3.05) is 33.4 Å². The van der Waals surface area contributed by atoms with Crippen molar-refractivity contribution in [2.24, 2.45) is 0 Å². The van der Waals surface area contributed by atoms with Crippen molar-refractivity contribution in [3.8, 4) is 5.75 Å². The van der Waals surface area contributed by atoms with Gasteiger partial charge in [0.25, 0.3) is 0 Å². The molecule has 3 nitrogen and oxygen atoms in total. The van der Waals surface area contributed by atoms with Crippen molar-refractivity contribution in [3.63, 3.8) is 0 Å². The van der Waals surface area contributed by atoms with Crippen LogP contribution in [-0.4, -0.2) is 33.4 Å². The number of hydrogen-bond acceptors (Lipinski definition) is 3. The summed E-state index contributed by atoms with van der Waals surface area (Å²) >= 11 is 0. The lowest BCUT2D eigenvalue weighted by molar-refractivity contribution is 0.192. The standard InChI is InChI=1S/C16H25NO2/c1-18-11-6-2-5-10-17-13-14-9-12-19-16-8-4-3-7-15(14)16/h3-4,7-8,14,17H,2,5-6,9-13H2,1H3. The highest BCUT2D eigenvalue weighted by Gasteiger charge is 2.20. The summed E-state index contributed by atoms with van der Waals surface area (Å²) in [5.74, 6) is 1.67. The Kier molecular flexibility index (Phi) is 6.18. The van der Waals surface area contributed by atoms with Gasteiger partial charge < -0.3 is 14.8 Å². The molecule has 0 fully saturated rings. The number of rotatable bonds is 8. The van der Waals surface area contributed by atoms with Crippen LogP contribution < -0.4 is 10.1 Å². The van der Waals surface area contributed by atoms with Crippen molar-refractivity contribution < 1.29 is 9.47 Å². The predicted octanol–water partition coefficient (Wildman–Crippen LogP) is 2.96. The maximum Gasteiger partial charge on any atom is 0.122 e. The molecule has 3 heteroatoms. The van der Waals surface area contributed by atoms with Gasteiger partial charge in [0.15, 0.2) is 0 Å². The number of unbranched alkanes of at least 4 members (excludes halogenated alkanes) is 2. The molecule has 0 radical (unpaired) electrons. The Morgan fingerprint density at radius 1 is 1.26 bits per heavy atom. The fraction of sp³-hybridized carbons (Fsp3) is 0.625. The predicted molar refractivity (Wildman–Crippen MR) is 77.9 cm³/mol. The summed E-state index contributed by atoms with van der Waals surface area (Å²) in [4.78, 5) is 0. The molecule has 0 spiro atoms. The van der Waals surface area contributed by atoms with Crippen LogP contribution >= 0.6 is 0 Å². The van der Waals surface area contributed by atoms with Gasteiger partial charge >= 0.3 is 0 Å². The summed E-state index contributed by atoms with van der Waals surface area (Å²) in [6, 6.07) is 8.42. The van der Waals surface area contributed by atoms with Gasteiger partial charge in [-0.15, -0.1) is 0 Å². The van der Waals surface area contributed by atoms with Crippen LogP contribution in [0, 0.1) is 0 Å². The number of nitrogens with one attached hydrogen (secondary N) is 1. The molecular weight excluding hydrogens is 238 g/mol. The van der Waals surface area contributed by atoms with Crippen molar-refractivity contribution in [3.05, 3.63) is 29.8 Å². The first-order chi connectivity index (χ1) is 9.42. The molecule has 0 saturated carbocycles. The summed E-state index contributed by atoms with van der Waals surface area (Å²) in [5.41, 5.74) is 1.36. The smallest absolute Gasteiger partial charge is 0.122 e. The molecule has 1 unspecified atom stereocenters. The van der Waals surface area contributed by atoms with E-state index in [9.17, 15) is 0 Å². The van der Waals surface area contributed by atoms with Gasteiger partial charge in [0.2, 0.25) is 0 Å². The highest BCUT2D eigenvalue weighted by molar-refractivity contribution is 5.37. The minimum atomic E-state index is 0.601. The van der Waals surface area contributed by atoms with Gasteiger partial charge in [-0.1, -0.05) is 18.2 Å². The van der Waals surface area contributed by atoms with Gasteiger partial charge in [-0.25, -0.2) is 0 Å². The van der Waals surface area contributed by atoms with Crippen molar-refractivity contribution in [2.45, 2.75) is 31.6 Å². The fourth-order valence-electron chi connectivity index (χ4n) is 2.58. The molecule has 0 aliphatic carbocycles. The van der Waals surface area contributed by atoms with E-state index < -0.39 is 0 Å². The number of fused-ring (bicyclic) bond motifs is 1. The average Bonchev–Trinajstić information content (AvgIpc) is 2.46. The molecule has 1 N–H and O–H groups in total. The second-order valence-electron chi connectivity index (χ2n) is 5.13. The first-order valence-corrected chi connectivity index (χ1v) is 7.33. The normalized spacial score (nSPS) is 17.8. The maximum absolute atomic E-state index is 5.68. The second kappa shape index (κ2) is 8.18. The van der Waals surface area contributed by atoms with Crippen LogP contribution in [0.15, 0.2) is 24.3 Å². The number of hydrogen-bond donors (Lipinski definition) is 1. The van der Waals surface area contributed by atoms with Crippen LogP contribution in [0.25, 0.3) is 0 Å². The Morgan fingerprint density at radius 2 is 2.16 bits per heavy atom. The number of para-hydroxylation sites is 1. The minimum Gasteiger partial charge on any atom is -0.493 e. The molecule has 0 amide bonds. The molecule has 0 bridgehead atoms. The third-order valence-corrected chi connectivity index (χ3v) is 3.68. The topological polar surface area (TPSA) is 30.5 Å². The number of benzene rings is 1. The van der Waals surface area contributed by atoms with E-state index in [1.165, 1.54) is 18.4 Å². The van der Waals surface area contributed by atoms with Crippen LogP contribution in [0.4, 0.5) is 0 Å². The van der Waals surface area contributed by atoms with Gasteiger partial charge in [-0.3, -0.25) is 0 Å². The number of methoxy groups -OCH3 is 1. The summed E-state index contributed by atoms with van der Waals surface area (Å²) in [7, 11) is 1.76. The average molecular weight is 263 g/mol. The van der Waals surface area contributed by atoms with Crippen molar-refractivity contribution in [1.82, 2.24) is 5.32 Å². The van der Waals surface area contributed by atoms with Crippen LogP contribution in [0.3, 0.4) is 0 Å². The Bertz CT molecular complexity index is 368. The van der Waals surface area contributed by atoms with E-state index >= 15 is 0 Å². The fourth-order valence-corrected chi connectivity index (χ4v) is 2.58. The quantitative estimate of drug-likeness (QED) is 0.731. The molecule has 2 rings (SSSR count). The molecule has 1 atom stereocenters. The highest BCUT2D eigenvalue weighted by Crippen LogP contribution is 2.32. The lowest BCUT2D eigenvalue weighted by atomic mass is 9.93. The maximum atomic E-state index is 5.68. The largest absolute Gasteiger partial charge is 0.493 e. The van der Waals surface area contributed by atoms with Crippen molar-refractivity contribution in [1.29, 1.82) is 0 Å². The summed E-state index contributed by atoms with van der Waals surface area (Å²) in [6.45, 7) is 3.89. The molecule has 1 aliphatic rings. The van der Waals surface area contributed by atoms with E-state index in [0.717, 1.165) is 44.9 Å². The van der Waals surface area contributed by atoms with E-state index in [-0.39, 0.29) is 0 Å². The molecule has 1 heterocycles. The Labute approximate surface area is 116 Å². The number of ether oxygens (including phenoxy) is 2. The van der Waals surface area contributed by atoms with Crippen LogP contribution in [0.2, 0.25) is 0 Å². The summed E-state index contributed by atoms with van der Waals surface area (Å²) in [5, 5.41) is 3.58. The zero-order chi connectivity index (χ0) is 13.3. The van der Waals surface area contributed by atoms with Gasteiger partial charge in [0, 0.05) is 26.2 Å². The van der Waals surface area contributed by atoms with Gasteiger partial charge in [0.1, 0.15) is 5.75 Å². The van der Waals surface area contributed by atoms with E-state index in [0.29, 0.717) is 5.92 Å². The van der Waals surface area contributed by atoms with Gasteiger partial charge in [-0.2, -0.15) is 0 Å². The zero-order valence-corrected chi connectivity index (χ0v) is 11.9. The summed E-state index contributed by atoms with van der Waals surface area (Å²) < 4.78 is 10.7. The lowest BCUT2D eigenvalue weighted by Gasteiger charge is -2.26. The monoisotopic (exact) mass is 263 g/mol. The lowest BCUT2D eigenvalue weighted by Crippen LogP contribution is -2.26.